The third-order valence-electron chi connectivity index (χ3n) is 6.84. The molecule has 2 atom stereocenters. The van der Waals surface area contributed by atoms with Crippen molar-refractivity contribution in [3.63, 3.8) is 0 Å². The number of hydrogen-bond acceptors (Lipinski definition) is 7. The maximum absolute atomic E-state index is 6.12. The Morgan fingerprint density at radius 1 is 1.25 bits per heavy atom. The zero-order chi connectivity index (χ0) is 22.5. The monoisotopic (exact) mass is 432 g/mol. The molecule has 1 unspecified atom stereocenters. The number of anilines is 2. The normalized spacial score (nSPS) is 25.8. The van der Waals surface area contributed by atoms with Crippen LogP contribution in [-0.4, -0.2) is 44.9 Å². The molecule has 1 aliphatic carbocycles. The van der Waals surface area contributed by atoms with E-state index in [0.29, 0.717) is 0 Å². The van der Waals surface area contributed by atoms with Crippen molar-refractivity contribution in [1.82, 2.24) is 19.7 Å². The molecule has 4 heterocycles. The Balaban J connectivity index is 1.61. The van der Waals surface area contributed by atoms with Gasteiger partial charge in [0.2, 0.25) is 5.95 Å². The molecule has 32 heavy (non-hydrogen) atoms. The van der Waals surface area contributed by atoms with Crippen molar-refractivity contribution >= 4 is 23.4 Å². The van der Waals surface area contributed by atoms with Crippen LogP contribution in [-0.2, 0) is 12.5 Å². The predicted octanol–water partition coefficient (Wildman–Crippen LogP) is 2.55. The average molecular weight is 433 g/mol. The number of nitrogens with one attached hydrogen (secondary N) is 1. The van der Waals surface area contributed by atoms with Crippen LogP contribution in [0.2, 0.25) is 0 Å². The molecule has 8 nitrogen and oxygen atoms in total. The molecule has 2 aromatic heterocycles. The molecule has 0 bridgehead atoms. The number of nitrogens with zero attached hydrogens (tertiary/aromatic N) is 5. The third kappa shape index (κ3) is 3.68. The zero-order valence-corrected chi connectivity index (χ0v) is 19.0. The number of fused-ring (bicyclic) bond motifs is 1. The van der Waals surface area contributed by atoms with Gasteiger partial charge in [-0.05, 0) is 43.9 Å². The number of allylic oxidation sites excluding steroid dienone is 3. The molecule has 2 aromatic rings. The van der Waals surface area contributed by atoms with Crippen LogP contribution >= 0.6 is 0 Å². The number of rotatable bonds is 3. The molecular formula is C24H32N8. The van der Waals surface area contributed by atoms with Crippen LogP contribution in [0.3, 0.4) is 0 Å². The molecule has 0 saturated carbocycles. The third-order valence-corrected chi connectivity index (χ3v) is 6.84. The van der Waals surface area contributed by atoms with Gasteiger partial charge in [-0.2, -0.15) is 5.10 Å². The first-order valence-corrected chi connectivity index (χ1v) is 11.4. The lowest BCUT2D eigenvalue weighted by atomic mass is 9.76. The van der Waals surface area contributed by atoms with Crippen LogP contribution in [0.4, 0.5) is 11.8 Å². The van der Waals surface area contributed by atoms with E-state index in [4.69, 9.17) is 21.4 Å². The van der Waals surface area contributed by atoms with E-state index < -0.39 is 0 Å². The van der Waals surface area contributed by atoms with Gasteiger partial charge in [-0.3, -0.25) is 4.68 Å². The Bertz CT molecular complexity index is 1120. The van der Waals surface area contributed by atoms with Gasteiger partial charge in [-0.15, -0.1) is 0 Å². The van der Waals surface area contributed by atoms with Gasteiger partial charge in [-0.25, -0.2) is 9.97 Å². The Labute approximate surface area is 189 Å². The molecule has 3 aliphatic rings. The molecule has 5 N–H and O–H groups in total. The van der Waals surface area contributed by atoms with E-state index >= 15 is 0 Å². The van der Waals surface area contributed by atoms with Crippen molar-refractivity contribution in [2.45, 2.75) is 50.6 Å². The van der Waals surface area contributed by atoms with Crippen molar-refractivity contribution < 1.29 is 0 Å². The lowest BCUT2D eigenvalue weighted by molar-refractivity contribution is 0.492. The fourth-order valence-electron chi connectivity index (χ4n) is 4.80. The molecule has 5 rings (SSSR count). The largest absolute Gasteiger partial charge is 0.399 e. The number of nitrogens with two attached hydrogens (primary N) is 2. The first kappa shape index (κ1) is 20.8. The highest BCUT2D eigenvalue weighted by atomic mass is 15.3. The molecule has 168 valence electrons. The molecule has 1 fully saturated rings. The van der Waals surface area contributed by atoms with Gasteiger partial charge < -0.3 is 21.7 Å². The highest BCUT2D eigenvalue weighted by molar-refractivity contribution is 5.92. The van der Waals surface area contributed by atoms with Crippen LogP contribution in [0, 0.1) is 0 Å². The quantitative estimate of drug-likeness (QED) is 0.683. The Hall–Kier alpha value is -3.13. The highest BCUT2D eigenvalue weighted by Crippen LogP contribution is 2.40. The van der Waals surface area contributed by atoms with E-state index in [9.17, 15) is 0 Å². The molecule has 8 heteroatoms. The highest BCUT2D eigenvalue weighted by Gasteiger charge is 2.33. The SMILES string of the molecule is C[C@H]1Nc2nn(C)cc2C=C1c1cnc(N2CCC(N)CC2)nc1C1(C)C=CC(N)=CC1. The summed E-state index contributed by atoms with van der Waals surface area (Å²) < 4.78 is 1.84. The van der Waals surface area contributed by atoms with Gasteiger partial charge >= 0.3 is 0 Å². The van der Waals surface area contributed by atoms with Crippen LogP contribution in [0.15, 0.2) is 36.3 Å². The Morgan fingerprint density at radius 2 is 2.03 bits per heavy atom. The second-order valence-corrected chi connectivity index (χ2v) is 9.49. The van der Waals surface area contributed by atoms with Gasteiger partial charge in [0.25, 0.3) is 0 Å². The molecule has 1 saturated heterocycles. The first-order chi connectivity index (χ1) is 15.3. The standard InChI is InChI=1S/C24H32N8/c1-15-19(12-16-14-31(3)30-22(16)28-15)20-13-27-23(32-10-6-18(26)7-11-32)29-21(20)24(2)8-4-17(25)5-9-24/h4-5,8,12-15,18H,6-7,9-11,25-26H2,1-3H3,(H,28,30)/t15-,24?/m1/s1. The second-order valence-electron chi connectivity index (χ2n) is 9.49. The summed E-state index contributed by atoms with van der Waals surface area (Å²) in [4.78, 5) is 12.3. The molecular weight excluding hydrogens is 400 g/mol. The van der Waals surface area contributed by atoms with Crippen LogP contribution in [0.1, 0.15) is 49.9 Å². The van der Waals surface area contributed by atoms with Gasteiger partial charge in [0.15, 0.2) is 5.82 Å². The predicted molar refractivity (Wildman–Crippen MR) is 129 cm³/mol. The van der Waals surface area contributed by atoms with Gasteiger partial charge in [0.1, 0.15) is 0 Å². The van der Waals surface area contributed by atoms with Gasteiger partial charge in [-0.1, -0.05) is 19.1 Å². The molecule has 2 aliphatic heterocycles. The van der Waals surface area contributed by atoms with E-state index in [1.165, 1.54) is 5.57 Å². The van der Waals surface area contributed by atoms with Crippen molar-refractivity contribution in [2.24, 2.45) is 18.5 Å². The minimum Gasteiger partial charge on any atom is -0.399 e. The summed E-state index contributed by atoms with van der Waals surface area (Å²) in [5.41, 5.74) is 17.0. The summed E-state index contributed by atoms with van der Waals surface area (Å²) in [6.07, 6.45) is 15.2. The van der Waals surface area contributed by atoms with Crippen molar-refractivity contribution in [3.8, 4) is 0 Å². The van der Waals surface area contributed by atoms with Crippen LogP contribution < -0.4 is 21.7 Å². The summed E-state index contributed by atoms with van der Waals surface area (Å²) in [6, 6.07) is 0.361. The minimum absolute atomic E-state index is 0.0929. The summed E-state index contributed by atoms with van der Waals surface area (Å²) in [7, 11) is 1.94. The van der Waals surface area contributed by atoms with E-state index in [1.54, 1.807) is 0 Å². The van der Waals surface area contributed by atoms with E-state index in [2.05, 4.69) is 47.4 Å². The van der Waals surface area contributed by atoms with Crippen molar-refractivity contribution in [2.75, 3.05) is 23.3 Å². The first-order valence-electron chi connectivity index (χ1n) is 11.4. The number of aryl methyl sites for hydroxylation is 1. The number of piperidine rings is 1. The fraction of sp³-hybridized carbons (Fsp3) is 0.458. The smallest absolute Gasteiger partial charge is 0.225 e. The maximum atomic E-state index is 6.12. The molecule has 0 aromatic carbocycles. The van der Waals surface area contributed by atoms with Crippen LogP contribution in [0.25, 0.3) is 11.6 Å². The van der Waals surface area contributed by atoms with Gasteiger partial charge in [0, 0.05) is 60.8 Å². The van der Waals surface area contributed by atoms with Gasteiger partial charge in [0.05, 0.1) is 11.7 Å². The van der Waals surface area contributed by atoms with Crippen LogP contribution in [0.5, 0.6) is 0 Å². The minimum atomic E-state index is -0.266. The lowest BCUT2D eigenvalue weighted by Crippen LogP contribution is -2.41. The Kier molecular flexibility index (Phi) is 5.04. The van der Waals surface area contributed by atoms with E-state index in [1.807, 2.05) is 30.2 Å². The van der Waals surface area contributed by atoms with E-state index in [-0.39, 0.29) is 17.5 Å². The van der Waals surface area contributed by atoms with Crippen molar-refractivity contribution in [3.05, 3.63) is 53.1 Å². The molecule has 0 radical (unpaired) electrons. The van der Waals surface area contributed by atoms with Crippen molar-refractivity contribution in [1.29, 1.82) is 0 Å². The summed E-state index contributed by atoms with van der Waals surface area (Å²) >= 11 is 0. The summed E-state index contributed by atoms with van der Waals surface area (Å²) in [5.74, 6) is 1.69. The maximum Gasteiger partial charge on any atom is 0.225 e. The summed E-state index contributed by atoms with van der Waals surface area (Å²) in [6.45, 7) is 6.16. The van der Waals surface area contributed by atoms with E-state index in [0.717, 1.165) is 66.6 Å². The molecule has 0 amide bonds. The second kappa shape index (κ2) is 7.78. The Morgan fingerprint density at radius 3 is 2.75 bits per heavy atom. The zero-order valence-electron chi connectivity index (χ0n) is 19.0. The lowest BCUT2D eigenvalue weighted by Gasteiger charge is -2.34. The topological polar surface area (TPSA) is 111 Å². The average Bonchev–Trinajstić information content (AvgIpc) is 3.14. The number of hydrogen-bond donors (Lipinski definition) is 3. The summed E-state index contributed by atoms with van der Waals surface area (Å²) in [5, 5.41) is 8.06. The number of aromatic nitrogens is 4. The molecule has 0 spiro atoms. The fourth-order valence-corrected chi connectivity index (χ4v) is 4.80.